The average molecular weight is 342 g/mol. The van der Waals surface area contributed by atoms with Gasteiger partial charge in [-0.05, 0) is 42.3 Å². The fraction of sp³-hybridized carbons (Fsp3) is 0.250. The number of hydrogen-bond donors (Lipinski definition) is 1. The number of ether oxygens (including phenoxy) is 3. The molecule has 25 heavy (non-hydrogen) atoms. The normalized spacial score (nSPS) is 11.1. The highest BCUT2D eigenvalue weighted by atomic mass is 16.5. The number of aliphatic carboxylic acids is 1. The lowest BCUT2D eigenvalue weighted by atomic mass is 10.0. The second kappa shape index (κ2) is 8.78. The second-order valence-corrected chi connectivity index (χ2v) is 5.34. The van der Waals surface area contributed by atoms with E-state index in [9.17, 15) is 9.90 Å². The van der Waals surface area contributed by atoms with Gasteiger partial charge in [-0.2, -0.15) is 0 Å². The molecular weight excluding hydrogens is 320 g/mol. The largest absolute Gasteiger partial charge is 0.497 e. The van der Waals surface area contributed by atoms with E-state index in [-0.39, 0.29) is 5.57 Å². The third-order valence-electron chi connectivity index (χ3n) is 3.61. The van der Waals surface area contributed by atoms with Crippen molar-refractivity contribution in [1.29, 1.82) is 0 Å². The molecule has 1 N–H and O–H groups in total. The lowest BCUT2D eigenvalue weighted by molar-refractivity contribution is -0.130. The van der Waals surface area contributed by atoms with Crippen LogP contribution < -0.4 is 14.2 Å². The SMILES string of the molecule is CCCOc1cc(OC)ccc1/C=C(\C(=O)O)c1ccc(OC)cc1. The van der Waals surface area contributed by atoms with E-state index < -0.39 is 5.97 Å². The van der Waals surface area contributed by atoms with Crippen LogP contribution in [0.3, 0.4) is 0 Å². The molecule has 5 nitrogen and oxygen atoms in total. The maximum Gasteiger partial charge on any atom is 0.336 e. The summed E-state index contributed by atoms with van der Waals surface area (Å²) in [5.74, 6) is 0.908. The summed E-state index contributed by atoms with van der Waals surface area (Å²) in [6.07, 6.45) is 2.46. The summed E-state index contributed by atoms with van der Waals surface area (Å²) in [6, 6.07) is 12.2. The lowest BCUT2D eigenvalue weighted by Crippen LogP contribution is -2.01. The summed E-state index contributed by atoms with van der Waals surface area (Å²) in [6.45, 7) is 2.55. The number of methoxy groups -OCH3 is 2. The Bertz CT molecular complexity index is 747. The Balaban J connectivity index is 2.46. The number of carbonyl (C=O) groups is 1. The molecule has 5 heteroatoms. The van der Waals surface area contributed by atoms with Crippen molar-refractivity contribution < 1.29 is 24.1 Å². The average Bonchev–Trinajstić information content (AvgIpc) is 2.64. The predicted molar refractivity (Wildman–Crippen MR) is 97.3 cm³/mol. The van der Waals surface area contributed by atoms with E-state index in [0.29, 0.717) is 35.0 Å². The Morgan fingerprint density at radius 2 is 1.68 bits per heavy atom. The van der Waals surface area contributed by atoms with Crippen molar-refractivity contribution in [3.8, 4) is 17.2 Å². The molecule has 0 heterocycles. The summed E-state index contributed by atoms with van der Waals surface area (Å²) in [5.41, 5.74) is 1.45. The molecule has 0 bridgehead atoms. The van der Waals surface area contributed by atoms with Gasteiger partial charge in [0.15, 0.2) is 0 Å². The van der Waals surface area contributed by atoms with Crippen LogP contribution in [0.4, 0.5) is 0 Å². The third kappa shape index (κ3) is 4.76. The number of carboxylic acid groups (broad SMARTS) is 1. The Morgan fingerprint density at radius 1 is 1.04 bits per heavy atom. The van der Waals surface area contributed by atoms with E-state index in [1.54, 1.807) is 62.8 Å². The van der Waals surface area contributed by atoms with Gasteiger partial charge in [0.2, 0.25) is 0 Å². The fourth-order valence-electron chi connectivity index (χ4n) is 2.29. The van der Waals surface area contributed by atoms with Crippen LogP contribution in [0.5, 0.6) is 17.2 Å². The molecule has 2 aromatic rings. The van der Waals surface area contributed by atoms with Gasteiger partial charge in [-0.1, -0.05) is 19.1 Å². The van der Waals surface area contributed by atoms with Crippen molar-refractivity contribution in [2.45, 2.75) is 13.3 Å². The molecule has 0 saturated heterocycles. The summed E-state index contributed by atoms with van der Waals surface area (Å²) in [5, 5.41) is 9.62. The summed E-state index contributed by atoms with van der Waals surface area (Å²) in [4.78, 5) is 11.7. The molecule has 0 aliphatic carbocycles. The van der Waals surface area contributed by atoms with E-state index >= 15 is 0 Å². The number of carboxylic acids is 1. The van der Waals surface area contributed by atoms with Gasteiger partial charge in [0.05, 0.1) is 26.4 Å². The van der Waals surface area contributed by atoms with Gasteiger partial charge in [-0.25, -0.2) is 4.79 Å². The van der Waals surface area contributed by atoms with Gasteiger partial charge < -0.3 is 19.3 Å². The molecule has 132 valence electrons. The fourth-order valence-corrected chi connectivity index (χ4v) is 2.29. The molecule has 0 aliphatic heterocycles. The van der Waals surface area contributed by atoms with Crippen LogP contribution in [0.1, 0.15) is 24.5 Å². The summed E-state index contributed by atoms with van der Waals surface area (Å²) < 4.78 is 16.1. The van der Waals surface area contributed by atoms with Crippen molar-refractivity contribution in [1.82, 2.24) is 0 Å². The minimum Gasteiger partial charge on any atom is -0.497 e. The molecule has 0 aromatic heterocycles. The van der Waals surface area contributed by atoms with Crippen LogP contribution in [0.15, 0.2) is 42.5 Å². The molecule has 0 aliphatic rings. The zero-order valence-electron chi connectivity index (χ0n) is 14.6. The standard InChI is InChI=1S/C20H22O5/c1-4-11-25-19-13-17(24-3)10-7-15(19)12-18(20(21)22)14-5-8-16(23-2)9-6-14/h5-10,12-13H,4,11H2,1-3H3,(H,21,22)/b18-12-. The summed E-state index contributed by atoms with van der Waals surface area (Å²) >= 11 is 0. The smallest absolute Gasteiger partial charge is 0.336 e. The molecule has 0 saturated carbocycles. The number of benzene rings is 2. The highest BCUT2D eigenvalue weighted by Gasteiger charge is 2.13. The highest BCUT2D eigenvalue weighted by molar-refractivity contribution is 6.20. The second-order valence-electron chi connectivity index (χ2n) is 5.34. The molecule has 0 spiro atoms. The monoisotopic (exact) mass is 342 g/mol. The van der Waals surface area contributed by atoms with Gasteiger partial charge in [0.25, 0.3) is 0 Å². The zero-order valence-corrected chi connectivity index (χ0v) is 14.6. The van der Waals surface area contributed by atoms with Crippen molar-refractivity contribution in [3.05, 3.63) is 53.6 Å². The molecule has 0 atom stereocenters. The first-order valence-corrected chi connectivity index (χ1v) is 7.99. The third-order valence-corrected chi connectivity index (χ3v) is 3.61. The molecule has 0 radical (unpaired) electrons. The molecule has 2 rings (SSSR count). The number of rotatable bonds is 8. The first kappa shape index (κ1) is 18.4. The molecule has 0 amide bonds. The minimum absolute atomic E-state index is 0.175. The zero-order chi connectivity index (χ0) is 18.2. The van der Waals surface area contributed by atoms with Crippen LogP contribution in [0, 0.1) is 0 Å². The first-order chi connectivity index (χ1) is 12.1. The molecular formula is C20H22O5. The number of hydrogen-bond acceptors (Lipinski definition) is 4. The molecule has 0 fully saturated rings. The summed E-state index contributed by atoms with van der Waals surface area (Å²) in [7, 11) is 3.14. The van der Waals surface area contributed by atoms with Crippen LogP contribution in [0.2, 0.25) is 0 Å². The predicted octanol–water partition coefficient (Wildman–Crippen LogP) is 4.12. The Kier molecular flexibility index (Phi) is 6.46. The van der Waals surface area contributed by atoms with Crippen molar-refractivity contribution >= 4 is 17.6 Å². The van der Waals surface area contributed by atoms with Crippen molar-refractivity contribution in [3.63, 3.8) is 0 Å². The molecule has 0 unspecified atom stereocenters. The van der Waals surface area contributed by atoms with Crippen LogP contribution >= 0.6 is 0 Å². The van der Waals surface area contributed by atoms with Crippen LogP contribution in [-0.2, 0) is 4.79 Å². The van der Waals surface area contributed by atoms with E-state index in [0.717, 1.165) is 6.42 Å². The van der Waals surface area contributed by atoms with Gasteiger partial charge >= 0.3 is 5.97 Å². The van der Waals surface area contributed by atoms with Crippen molar-refractivity contribution in [2.75, 3.05) is 20.8 Å². The Hall–Kier alpha value is -2.95. The maximum atomic E-state index is 11.7. The van der Waals surface area contributed by atoms with Gasteiger partial charge in [-0.3, -0.25) is 0 Å². The minimum atomic E-state index is -1.01. The van der Waals surface area contributed by atoms with Crippen LogP contribution in [-0.4, -0.2) is 31.9 Å². The highest BCUT2D eigenvalue weighted by Crippen LogP contribution is 2.29. The van der Waals surface area contributed by atoms with Gasteiger partial charge in [-0.15, -0.1) is 0 Å². The van der Waals surface area contributed by atoms with E-state index in [1.807, 2.05) is 6.92 Å². The van der Waals surface area contributed by atoms with Crippen molar-refractivity contribution in [2.24, 2.45) is 0 Å². The topological polar surface area (TPSA) is 65.0 Å². The maximum absolute atomic E-state index is 11.7. The Morgan fingerprint density at radius 3 is 2.24 bits per heavy atom. The molecule has 2 aromatic carbocycles. The van der Waals surface area contributed by atoms with E-state index in [2.05, 4.69) is 0 Å². The van der Waals surface area contributed by atoms with E-state index in [4.69, 9.17) is 14.2 Å². The van der Waals surface area contributed by atoms with Crippen LogP contribution in [0.25, 0.3) is 11.6 Å². The first-order valence-electron chi connectivity index (χ1n) is 7.99. The lowest BCUT2D eigenvalue weighted by Gasteiger charge is -2.11. The Labute approximate surface area is 147 Å². The van der Waals surface area contributed by atoms with E-state index in [1.165, 1.54) is 0 Å². The quantitative estimate of drug-likeness (QED) is 0.577. The van der Waals surface area contributed by atoms with Gasteiger partial charge in [0.1, 0.15) is 17.2 Å². The van der Waals surface area contributed by atoms with Gasteiger partial charge in [0, 0.05) is 11.6 Å².